The van der Waals surface area contributed by atoms with E-state index in [-0.39, 0.29) is 13.0 Å². The third-order valence-corrected chi connectivity index (χ3v) is 8.17. The Kier molecular flexibility index (Phi) is 5.38. The van der Waals surface area contributed by atoms with Crippen molar-refractivity contribution >= 4 is 33.3 Å². The number of rotatable bonds is 5. The van der Waals surface area contributed by atoms with E-state index in [9.17, 15) is 8.78 Å². The van der Waals surface area contributed by atoms with E-state index in [0.717, 1.165) is 55.6 Å². The maximum atomic E-state index is 13.6. The van der Waals surface area contributed by atoms with E-state index in [1.54, 1.807) is 22.4 Å². The highest BCUT2D eigenvalue weighted by Gasteiger charge is 2.37. The number of aryl methyl sites for hydroxylation is 1. The van der Waals surface area contributed by atoms with E-state index in [2.05, 4.69) is 62.4 Å². The maximum Gasteiger partial charge on any atom is 0.261 e. The Bertz CT molecular complexity index is 1800. The third-order valence-electron chi connectivity index (χ3n) is 7.14. The molecule has 6 aromatic rings. The van der Waals surface area contributed by atoms with Gasteiger partial charge in [-0.05, 0) is 60.5 Å². The zero-order chi connectivity index (χ0) is 25.9. The van der Waals surface area contributed by atoms with Crippen LogP contribution in [0.15, 0.2) is 67.1 Å². The predicted molar refractivity (Wildman–Crippen MR) is 147 cm³/mol. The van der Waals surface area contributed by atoms with Crippen molar-refractivity contribution in [1.29, 1.82) is 0 Å². The number of nitrogens with zero attached hydrogens (tertiary/aromatic N) is 4. The summed E-state index contributed by atoms with van der Waals surface area (Å²) in [6.07, 6.45) is 5.31. The standard InChI is InChI=1S/C29H24F2N6S/c1-17-2-5-26(38-17)21-6-8-33-28-22(21)12-25(34-28)27-23-11-19(3-4-24(23)35-36-27)20-10-18(13-32-14-20)15-37-9-7-29(30,31)16-37/h2-6,8,10-14H,7,9,15-16H2,1H3,(H,33,34)(H,35,36). The number of benzene rings is 1. The summed E-state index contributed by atoms with van der Waals surface area (Å²) >= 11 is 1.77. The van der Waals surface area contributed by atoms with Crippen molar-refractivity contribution < 1.29 is 8.78 Å². The van der Waals surface area contributed by atoms with E-state index in [1.165, 1.54) is 9.75 Å². The van der Waals surface area contributed by atoms with Crippen LogP contribution in [0, 0.1) is 6.92 Å². The molecule has 7 rings (SSSR count). The average Bonchev–Trinajstić information content (AvgIpc) is 3.69. The van der Waals surface area contributed by atoms with Crippen LogP contribution >= 0.6 is 11.3 Å². The number of H-pyrrole nitrogens is 2. The monoisotopic (exact) mass is 526 g/mol. The molecule has 0 amide bonds. The Morgan fingerprint density at radius 1 is 1.03 bits per heavy atom. The zero-order valence-electron chi connectivity index (χ0n) is 20.6. The van der Waals surface area contributed by atoms with Crippen molar-refractivity contribution in [1.82, 2.24) is 30.0 Å². The number of nitrogens with one attached hydrogen (secondary N) is 2. The lowest BCUT2D eigenvalue weighted by Crippen LogP contribution is -2.24. The van der Waals surface area contributed by atoms with E-state index < -0.39 is 5.92 Å². The second kappa shape index (κ2) is 8.82. The molecule has 1 aromatic carbocycles. The largest absolute Gasteiger partial charge is 0.338 e. The molecule has 190 valence electrons. The quantitative estimate of drug-likeness (QED) is 0.253. The second-order valence-electron chi connectivity index (χ2n) is 9.95. The Labute approximate surface area is 221 Å². The number of aromatic nitrogens is 5. The Balaban J connectivity index is 1.24. The summed E-state index contributed by atoms with van der Waals surface area (Å²) in [4.78, 5) is 16.7. The molecule has 0 spiro atoms. The summed E-state index contributed by atoms with van der Waals surface area (Å²) < 4.78 is 27.3. The molecular formula is C29H24F2N6S. The molecule has 5 aromatic heterocycles. The highest BCUT2D eigenvalue weighted by molar-refractivity contribution is 7.15. The molecular weight excluding hydrogens is 502 g/mol. The van der Waals surface area contributed by atoms with Crippen LogP contribution in [0.2, 0.25) is 0 Å². The predicted octanol–water partition coefficient (Wildman–Crippen LogP) is 7.05. The van der Waals surface area contributed by atoms with Crippen LogP contribution in [0.1, 0.15) is 16.9 Å². The Hall–Kier alpha value is -3.95. The van der Waals surface area contributed by atoms with Gasteiger partial charge in [-0.25, -0.2) is 13.8 Å². The number of alkyl halides is 2. The third kappa shape index (κ3) is 4.17. The molecule has 1 saturated heterocycles. The molecule has 0 unspecified atom stereocenters. The number of hydrogen-bond donors (Lipinski definition) is 2. The molecule has 1 aliphatic rings. The smallest absolute Gasteiger partial charge is 0.261 e. The summed E-state index contributed by atoms with van der Waals surface area (Å²) in [5.74, 6) is -2.60. The number of halogens is 2. The molecule has 6 nitrogen and oxygen atoms in total. The maximum absolute atomic E-state index is 13.6. The average molecular weight is 527 g/mol. The van der Waals surface area contributed by atoms with E-state index in [0.29, 0.717) is 13.1 Å². The van der Waals surface area contributed by atoms with Gasteiger partial charge < -0.3 is 4.98 Å². The molecule has 1 aliphatic heterocycles. The zero-order valence-corrected chi connectivity index (χ0v) is 21.4. The molecule has 0 aliphatic carbocycles. The lowest BCUT2D eigenvalue weighted by atomic mass is 10.0. The van der Waals surface area contributed by atoms with Gasteiger partial charge in [0, 0.05) is 69.8 Å². The van der Waals surface area contributed by atoms with Crippen molar-refractivity contribution in [2.24, 2.45) is 0 Å². The lowest BCUT2D eigenvalue weighted by molar-refractivity contribution is 0.0115. The van der Waals surface area contributed by atoms with Gasteiger partial charge in [0.15, 0.2) is 0 Å². The summed E-state index contributed by atoms with van der Waals surface area (Å²) in [6.45, 7) is 2.77. The number of thiophene rings is 1. The fourth-order valence-electron chi connectivity index (χ4n) is 5.28. The summed E-state index contributed by atoms with van der Waals surface area (Å²) in [7, 11) is 0. The minimum atomic E-state index is -2.60. The lowest BCUT2D eigenvalue weighted by Gasteiger charge is -2.15. The fourth-order valence-corrected chi connectivity index (χ4v) is 6.19. The summed E-state index contributed by atoms with van der Waals surface area (Å²) in [5, 5.41) is 9.81. The van der Waals surface area contributed by atoms with Crippen LogP contribution in [0.5, 0.6) is 0 Å². The van der Waals surface area contributed by atoms with Gasteiger partial charge in [0.05, 0.1) is 17.8 Å². The van der Waals surface area contributed by atoms with Gasteiger partial charge in [-0.3, -0.25) is 15.0 Å². The topological polar surface area (TPSA) is 73.5 Å². The van der Waals surface area contributed by atoms with Gasteiger partial charge in [-0.1, -0.05) is 6.07 Å². The summed E-state index contributed by atoms with van der Waals surface area (Å²) in [6, 6.07) is 16.6. The normalized spacial score (nSPS) is 15.7. The highest BCUT2D eigenvalue weighted by atomic mass is 32.1. The van der Waals surface area contributed by atoms with Crippen molar-refractivity contribution in [3.8, 4) is 33.0 Å². The van der Waals surface area contributed by atoms with Gasteiger partial charge in [-0.2, -0.15) is 5.10 Å². The van der Waals surface area contributed by atoms with E-state index in [4.69, 9.17) is 0 Å². The molecule has 2 N–H and O–H groups in total. The van der Waals surface area contributed by atoms with E-state index >= 15 is 0 Å². The Morgan fingerprint density at radius 2 is 1.95 bits per heavy atom. The molecule has 38 heavy (non-hydrogen) atoms. The van der Waals surface area contributed by atoms with Crippen molar-refractivity contribution in [3.63, 3.8) is 0 Å². The Morgan fingerprint density at radius 3 is 2.76 bits per heavy atom. The molecule has 0 atom stereocenters. The first-order chi connectivity index (χ1) is 18.4. The minimum Gasteiger partial charge on any atom is -0.338 e. The molecule has 0 radical (unpaired) electrons. The molecule has 0 saturated carbocycles. The van der Waals surface area contributed by atoms with E-state index in [1.807, 2.05) is 30.6 Å². The van der Waals surface area contributed by atoms with Gasteiger partial charge in [0.25, 0.3) is 5.92 Å². The van der Waals surface area contributed by atoms with Crippen LogP contribution in [-0.2, 0) is 6.54 Å². The summed E-state index contributed by atoms with van der Waals surface area (Å²) in [5.41, 5.74) is 7.45. The SMILES string of the molecule is Cc1ccc(-c2ccnc3[nH]c(-c4n[nH]c5ccc(-c6cncc(CN7CCC(F)(F)C7)c6)cc45)cc23)s1. The first kappa shape index (κ1) is 23.2. The number of aromatic amines is 2. The van der Waals surface area contributed by atoms with Crippen LogP contribution in [0.3, 0.4) is 0 Å². The molecule has 6 heterocycles. The number of hydrogen-bond acceptors (Lipinski definition) is 5. The van der Waals surface area contributed by atoms with Gasteiger partial charge in [0.2, 0.25) is 0 Å². The van der Waals surface area contributed by atoms with Gasteiger partial charge in [-0.15, -0.1) is 11.3 Å². The minimum absolute atomic E-state index is 0.0855. The molecule has 1 fully saturated rings. The molecule has 9 heteroatoms. The first-order valence-corrected chi connectivity index (χ1v) is 13.3. The van der Waals surface area contributed by atoms with Crippen molar-refractivity contribution in [3.05, 3.63) is 77.6 Å². The first-order valence-electron chi connectivity index (χ1n) is 12.5. The van der Waals surface area contributed by atoms with Crippen molar-refractivity contribution in [2.45, 2.75) is 25.8 Å². The van der Waals surface area contributed by atoms with Crippen LogP contribution in [0.25, 0.3) is 54.9 Å². The van der Waals surface area contributed by atoms with Gasteiger partial charge >= 0.3 is 0 Å². The van der Waals surface area contributed by atoms with Crippen molar-refractivity contribution in [2.75, 3.05) is 13.1 Å². The van der Waals surface area contributed by atoms with Crippen LogP contribution in [-0.4, -0.2) is 49.1 Å². The number of pyridine rings is 2. The van der Waals surface area contributed by atoms with Crippen LogP contribution in [0.4, 0.5) is 8.78 Å². The van der Waals surface area contributed by atoms with Crippen LogP contribution < -0.4 is 0 Å². The van der Waals surface area contributed by atoms with Gasteiger partial charge in [0.1, 0.15) is 11.3 Å². The number of likely N-dealkylation sites (tertiary alicyclic amines) is 1. The fraction of sp³-hybridized carbons (Fsp3) is 0.207. The highest BCUT2D eigenvalue weighted by Crippen LogP contribution is 2.37. The number of fused-ring (bicyclic) bond motifs is 2. The molecule has 0 bridgehead atoms. The second-order valence-corrected chi connectivity index (χ2v) is 11.2.